The number of piperidine rings is 1. The van der Waals surface area contributed by atoms with Crippen molar-refractivity contribution in [3.63, 3.8) is 0 Å². The van der Waals surface area contributed by atoms with Crippen LogP contribution in [0.4, 0.5) is 0 Å². The Labute approximate surface area is 125 Å². The first-order valence-corrected chi connectivity index (χ1v) is 9.53. The topological polar surface area (TPSA) is 3.24 Å². The predicted molar refractivity (Wildman–Crippen MR) is 90.0 cm³/mol. The van der Waals surface area contributed by atoms with E-state index in [4.69, 9.17) is 0 Å². The standard InChI is InChI=1S/C17H35NS/c1-15(2)6-5-12-19-13-9-17-7-10-18(11-8-17)14-16(3)4/h15-17H,5-14H2,1-4H3. The molecule has 0 saturated carbocycles. The van der Waals surface area contributed by atoms with Gasteiger partial charge in [-0.1, -0.05) is 34.1 Å². The summed E-state index contributed by atoms with van der Waals surface area (Å²) in [5.74, 6) is 5.50. The maximum absolute atomic E-state index is 2.66. The Morgan fingerprint density at radius 1 is 1.00 bits per heavy atom. The fourth-order valence-corrected chi connectivity index (χ4v) is 3.99. The van der Waals surface area contributed by atoms with Crippen molar-refractivity contribution in [2.75, 3.05) is 31.1 Å². The van der Waals surface area contributed by atoms with Crippen LogP contribution in [0.1, 0.15) is 59.8 Å². The summed E-state index contributed by atoms with van der Waals surface area (Å²) in [7, 11) is 0. The van der Waals surface area contributed by atoms with Gasteiger partial charge in [-0.2, -0.15) is 11.8 Å². The predicted octanol–water partition coefficient (Wildman–Crippen LogP) is 4.91. The van der Waals surface area contributed by atoms with Crippen molar-refractivity contribution < 1.29 is 0 Å². The van der Waals surface area contributed by atoms with E-state index in [1.807, 2.05) is 0 Å². The Bertz CT molecular complexity index is 207. The molecular weight excluding hydrogens is 250 g/mol. The van der Waals surface area contributed by atoms with Crippen molar-refractivity contribution >= 4 is 11.8 Å². The number of hydrogen-bond acceptors (Lipinski definition) is 2. The summed E-state index contributed by atoms with van der Waals surface area (Å²) in [6.45, 7) is 13.3. The molecule has 2 heteroatoms. The lowest BCUT2D eigenvalue weighted by Gasteiger charge is -2.32. The van der Waals surface area contributed by atoms with Crippen LogP contribution in [0.25, 0.3) is 0 Å². The average Bonchev–Trinajstić information content (AvgIpc) is 2.34. The van der Waals surface area contributed by atoms with Gasteiger partial charge in [-0.25, -0.2) is 0 Å². The van der Waals surface area contributed by atoms with E-state index in [0.717, 1.165) is 17.8 Å². The molecule has 114 valence electrons. The highest BCUT2D eigenvalue weighted by Gasteiger charge is 2.19. The molecule has 0 N–H and O–H groups in total. The maximum Gasteiger partial charge on any atom is 0.000439 e. The summed E-state index contributed by atoms with van der Waals surface area (Å²) in [5, 5.41) is 0. The van der Waals surface area contributed by atoms with E-state index in [1.54, 1.807) is 0 Å². The Morgan fingerprint density at radius 3 is 2.26 bits per heavy atom. The summed E-state index contributed by atoms with van der Waals surface area (Å²) >= 11 is 2.19. The molecule has 0 aromatic rings. The van der Waals surface area contributed by atoms with Gasteiger partial charge >= 0.3 is 0 Å². The number of nitrogens with zero attached hydrogens (tertiary/aromatic N) is 1. The third kappa shape index (κ3) is 8.96. The van der Waals surface area contributed by atoms with Gasteiger partial charge < -0.3 is 4.90 Å². The molecule has 0 atom stereocenters. The zero-order valence-corrected chi connectivity index (χ0v) is 14.5. The molecule has 1 heterocycles. The average molecular weight is 286 g/mol. The first-order valence-electron chi connectivity index (χ1n) is 8.38. The van der Waals surface area contributed by atoms with E-state index in [9.17, 15) is 0 Å². The van der Waals surface area contributed by atoms with Gasteiger partial charge in [0.1, 0.15) is 0 Å². The fourth-order valence-electron chi connectivity index (χ4n) is 2.92. The summed E-state index contributed by atoms with van der Waals surface area (Å²) in [6, 6.07) is 0. The van der Waals surface area contributed by atoms with Crippen LogP contribution in [0.15, 0.2) is 0 Å². The Hall–Kier alpha value is 0.310. The monoisotopic (exact) mass is 285 g/mol. The molecule has 0 aromatic heterocycles. The van der Waals surface area contributed by atoms with E-state index in [2.05, 4.69) is 44.4 Å². The lowest BCUT2D eigenvalue weighted by molar-refractivity contribution is 0.166. The van der Waals surface area contributed by atoms with Crippen molar-refractivity contribution in [1.82, 2.24) is 4.90 Å². The van der Waals surface area contributed by atoms with Gasteiger partial charge in [-0.3, -0.25) is 0 Å². The van der Waals surface area contributed by atoms with Crippen LogP contribution in [-0.2, 0) is 0 Å². The first-order chi connectivity index (χ1) is 9.08. The van der Waals surface area contributed by atoms with E-state index < -0.39 is 0 Å². The zero-order chi connectivity index (χ0) is 14.1. The van der Waals surface area contributed by atoms with Gasteiger partial charge in [0.15, 0.2) is 0 Å². The van der Waals surface area contributed by atoms with E-state index in [-0.39, 0.29) is 0 Å². The lowest BCUT2D eigenvalue weighted by Crippen LogP contribution is -2.36. The van der Waals surface area contributed by atoms with Gasteiger partial charge in [-0.15, -0.1) is 0 Å². The largest absolute Gasteiger partial charge is 0.303 e. The smallest absolute Gasteiger partial charge is 0.000439 e. The minimum atomic E-state index is 0.827. The Balaban J connectivity index is 1.95. The second-order valence-electron chi connectivity index (χ2n) is 7.07. The van der Waals surface area contributed by atoms with Gasteiger partial charge in [0, 0.05) is 6.54 Å². The Kier molecular flexibility index (Phi) is 9.23. The molecule has 0 unspecified atom stereocenters. The number of likely N-dealkylation sites (tertiary alicyclic amines) is 1. The molecule has 0 spiro atoms. The van der Waals surface area contributed by atoms with Crippen LogP contribution in [0.5, 0.6) is 0 Å². The highest BCUT2D eigenvalue weighted by atomic mass is 32.2. The SMILES string of the molecule is CC(C)CCCSCCC1CCN(CC(C)C)CC1. The van der Waals surface area contributed by atoms with Gasteiger partial charge in [0.2, 0.25) is 0 Å². The summed E-state index contributed by atoms with van der Waals surface area (Å²) < 4.78 is 0. The first kappa shape index (κ1) is 17.4. The molecule has 0 bridgehead atoms. The minimum Gasteiger partial charge on any atom is -0.303 e. The molecule has 0 aliphatic carbocycles. The van der Waals surface area contributed by atoms with Crippen LogP contribution in [-0.4, -0.2) is 36.0 Å². The molecule has 1 saturated heterocycles. The highest BCUT2D eigenvalue weighted by Crippen LogP contribution is 2.23. The van der Waals surface area contributed by atoms with E-state index in [1.165, 1.54) is 63.2 Å². The summed E-state index contributed by atoms with van der Waals surface area (Å²) in [5.41, 5.74) is 0. The fraction of sp³-hybridized carbons (Fsp3) is 1.00. The normalized spacial score (nSPS) is 18.6. The second kappa shape index (κ2) is 10.1. The van der Waals surface area contributed by atoms with E-state index in [0.29, 0.717) is 0 Å². The van der Waals surface area contributed by atoms with Crippen LogP contribution in [0.2, 0.25) is 0 Å². The quantitative estimate of drug-likeness (QED) is 0.554. The molecule has 1 fully saturated rings. The zero-order valence-electron chi connectivity index (χ0n) is 13.7. The van der Waals surface area contributed by atoms with Crippen LogP contribution in [0, 0.1) is 17.8 Å². The van der Waals surface area contributed by atoms with Crippen molar-refractivity contribution in [2.45, 2.75) is 59.8 Å². The lowest BCUT2D eigenvalue weighted by atomic mass is 9.94. The van der Waals surface area contributed by atoms with Crippen LogP contribution < -0.4 is 0 Å². The van der Waals surface area contributed by atoms with Gasteiger partial charge in [-0.05, 0) is 68.0 Å². The minimum absolute atomic E-state index is 0.827. The Morgan fingerprint density at radius 2 is 1.68 bits per heavy atom. The van der Waals surface area contributed by atoms with Crippen molar-refractivity contribution in [1.29, 1.82) is 0 Å². The van der Waals surface area contributed by atoms with E-state index >= 15 is 0 Å². The molecule has 1 aliphatic heterocycles. The van der Waals surface area contributed by atoms with Crippen LogP contribution in [0.3, 0.4) is 0 Å². The number of rotatable bonds is 9. The molecule has 19 heavy (non-hydrogen) atoms. The second-order valence-corrected chi connectivity index (χ2v) is 8.30. The number of hydrogen-bond donors (Lipinski definition) is 0. The third-order valence-corrected chi connectivity index (χ3v) is 5.17. The highest BCUT2D eigenvalue weighted by molar-refractivity contribution is 7.99. The van der Waals surface area contributed by atoms with Crippen molar-refractivity contribution in [2.24, 2.45) is 17.8 Å². The molecular formula is C17H35NS. The van der Waals surface area contributed by atoms with Crippen molar-refractivity contribution in [3.8, 4) is 0 Å². The van der Waals surface area contributed by atoms with Crippen molar-refractivity contribution in [3.05, 3.63) is 0 Å². The summed E-state index contributed by atoms with van der Waals surface area (Å²) in [6.07, 6.45) is 7.16. The van der Waals surface area contributed by atoms with Gasteiger partial charge in [0.25, 0.3) is 0 Å². The molecule has 0 radical (unpaired) electrons. The molecule has 0 aromatic carbocycles. The number of thioether (sulfide) groups is 1. The molecule has 0 amide bonds. The maximum atomic E-state index is 2.66. The summed E-state index contributed by atoms with van der Waals surface area (Å²) in [4.78, 5) is 2.66. The molecule has 1 aliphatic rings. The van der Waals surface area contributed by atoms with Gasteiger partial charge in [0.05, 0.1) is 0 Å². The molecule has 1 nitrogen and oxygen atoms in total. The van der Waals surface area contributed by atoms with Crippen LogP contribution >= 0.6 is 11.8 Å². The molecule has 1 rings (SSSR count). The third-order valence-electron chi connectivity index (χ3n) is 4.07.